The summed E-state index contributed by atoms with van der Waals surface area (Å²) in [6.45, 7) is 5.03. The zero-order valence-corrected chi connectivity index (χ0v) is 13.8. The predicted molar refractivity (Wildman–Crippen MR) is 80.4 cm³/mol. The van der Waals surface area contributed by atoms with E-state index in [1.807, 2.05) is 13.8 Å². The average molecular weight is 324 g/mol. The molecule has 0 aromatic rings. The highest BCUT2D eigenvalue weighted by atomic mass is 16.6. The van der Waals surface area contributed by atoms with E-state index in [1.165, 1.54) is 6.92 Å². The summed E-state index contributed by atoms with van der Waals surface area (Å²) in [5, 5.41) is 9.73. The van der Waals surface area contributed by atoms with Crippen molar-refractivity contribution in [3.8, 4) is 0 Å². The average Bonchev–Trinajstić information content (AvgIpc) is 3.03. The van der Waals surface area contributed by atoms with Crippen molar-refractivity contribution in [1.29, 1.82) is 0 Å². The van der Waals surface area contributed by atoms with E-state index in [9.17, 15) is 14.7 Å². The monoisotopic (exact) mass is 324 g/mol. The number of esters is 2. The van der Waals surface area contributed by atoms with Gasteiger partial charge in [-0.05, 0) is 31.4 Å². The molecule has 0 saturated carbocycles. The maximum absolute atomic E-state index is 11.9. The lowest BCUT2D eigenvalue weighted by Crippen LogP contribution is -2.29. The van der Waals surface area contributed by atoms with Gasteiger partial charge in [-0.2, -0.15) is 0 Å². The molecule has 0 radical (unpaired) electrons. The van der Waals surface area contributed by atoms with Crippen LogP contribution in [-0.2, 0) is 23.8 Å². The van der Waals surface area contributed by atoms with Crippen molar-refractivity contribution < 1.29 is 28.9 Å². The Morgan fingerprint density at radius 1 is 1.52 bits per heavy atom. The normalized spacial score (nSPS) is 42.9. The molecule has 0 aromatic carbocycles. The number of hydrogen-bond donors (Lipinski definition) is 1. The lowest BCUT2D eigenvalue weighted by Gasteiger charge is -2.24. The number of epoxide rings is 1. The summed E-state index contributed by atoms with van der Waals surface area (Å²) < 4.78 is 16.7. The number of carbonyl (C=O) groups is 2. The molecule has 128 valence electrons. The van der Waals surface area contributed by atoms with Crippen LogP contribution < -0.4 is 0 Å². The number of carbonyl (C=O) groups excluding carboxylic acids is 2. The third-order valence-electron chi connectivity index (χ3n) is 5.41. The second-order valence-electron chi connectivity index (χ2n) is 7.05. The first-order chi connectivity index (χ1) is 10.8. The number of fused-ring (bicyclic) bond motifs is 2. The van der Waals surface area contributed by atoms with Crippen LogP contribution in [-0.4, -0.2) is 47.6 Å². The van der Waals surface area contributed by atoms with Gasteiger partial charge in [0.2, 0.25) is 0 Å². The van der Waals surface area contributed by atoms with Gasteiger partial charge in [0.25, 0.3) is 0 Å². The first-order valence-electron chi connectivity index (χ1n) is 8.21. The first-order valence-corrected chi connectivity index (χ1v) is 8.21. The van der Waals surface area contributed by atoms with Crippen molar-refractivity contribution in [3.05, 3.63) is 11.6 Å². The van der Waals surface area contributed by atoms with Crippen molar-refractivity contribution in [2.24, 2.45) is 11.8 Å². The zero-order chi connectivity index (χ0) is 16.8. The minimum absolute atomic E-state index is 0.00618. The van der Waals surface area contributed by atoms with E-state index < -0.39 is 12.1 Å². The van der Waals surface area contributed by atoms with Gasteiger partial charge in [-0.3, -0.25) is 9.59 Å². The fraction of sp³-hybridized carbons (Fsp3) is 0.765. The molecule has 2 fully saturated rings. The molecule has 0 bridgehead atoms. The first kappa shape index (κ1) is 16.5. The van der Waals surface area contributed by atoms with Crippen LogP contribution in [0.25, 0.3) is 0 Å². The maximum atomic E-state index is 11.9. The molecular formula is C17H24O6. The largest absolute Gasteiger partial charge is 0.458 e. The van der Waals surface area contributed by atoms with Crippen LogP contribution in [0.5, 0.6) is 0 Å². The minimum atomic E-state index is -0.544. The summed E-state index contributed by atoms with van der Waals surface area (Å²) in [5.41, 5.74) is 0.337. The van der Waals surface area contributed by atoms with E-state index in [-0.39, 0.29) is 42.2 Å². The van der Waals surface area contributed by atoms with Gasteiger partial charge in [0.1, 0.15) is 12.2 Å². The molecule has 6 atom stereocenters. The number of hydrogen-bond acceptors (Lipinski definition) is 6. The predicted octanol–water partition coefficient (Wildman–Crippen LogP) is 1.36. The van der Waals surface area contributed by atoms with Crippen LogP contribution in [0.2, 0.25) is 0 Å². The Morgan fingerprint density at radius 3 is 2.91 bits per heavy atom. The SMILES string of the molecule is CC(=O)OC1CC2OC2(C)CCC2C(C=C1CO)OC(=O)C2C. The molecule has 1 aliphatic carbocycles. The standard InChI is InChI=1S/C17H24O6/c1-9-12-4-5-17(3)15(23-17)7-13(21-10(2)19)11(8-18)6-14(12)22-16(9)20/h6,9,12-15,18H,4-5,7-8H2,1-3H3. The Hall–Kier alpha value is -1.40. The fourth-order valence-electron chi connectivity index (χ4n) is 3.76. The van der Waals surface area contributed by atoms with E-state index >= 15 is 0 Å². The number of ether oxygens (including phenoxy) is 3. The molecule has 0 spiro atoms. The van der Waals surface area contributed by atoms with Crippen LogP contribution in [0.15, 0.2) is 11.6 Å². The molecule has 6 heteroatoms. The van der Waals surface area contributed by atoms with Gasteiger partial charge >= 0.3 is 11.9 Å². The molecule has 1 N–H and O–H groups in total. The lowest BCUT2D eigenvalue weighted by molar-refractivity contribution is -0.146. The van der Waals surface area contributed by atoms with E-state index in [0.717, 1.165) is 12.8 Å². The van der Waals surface area contributed by atoms with Crippen LogP contribution >= 0.6 is 0 Å². The number of aliphatic hydroxyl groups is 1. The summed E-state index contributed by atoms with van der Waals surface area (Å²) in [7, 11) is 0. The van der Waals surface area contributed by atoms with Gasteiger partial charge in [0, 0.05) is 19.3 Å². The highest BCUT2D eigenvalue weighted by molar-refractivity contribution is 5.75. The Kier molecular flexibility index (Phi) is 4.23. The molecule has 0 aromatic heterocycles. The second-order valence-corrected chi connectivity index (χ2v) is 7.05. The third-order valence-corrected chi connectivity index (χ3v) is 5.41. The van der Waals surface area contributed by atoms with Crippen molar-refractivity contribution >= 4 is 11.9 Å². The third kappa shape index (κ3) is 3.15. The van der Waals surface area contributed by atoms with Gasteiger partial charge in [-0.25, -0.2) is 0 Å². The molecule has 0 amide bonds. The molecule has 23 heavy (non-hydrogen) atoms. The van der Waals surface area contributed by atoms with E-state index in [2.05, 4.69) is 0 Å². The van der Waals surface area contributed by atoms with Gasteiger partial charge in [-0.15, -0.1) is 0 Å². The Labute approximate surface area is 135 Å². The quantitative estimate of drug-likeness (QED) is 0.469. The van der Waals surface area contributed by atoms with Crippen molar-refractivity contribution in [3.63, 3.8) is 0 Å². The summed E-state index contributed by atoms with van der Waals surface area (Å²) in [4.78, 5) is 23.3. The van der Waals surface area contributed by atoms with E-state index in [4.69, 9.17) is 14.2 Å². The molecule has 3 aliphatic rings. The molecule has 3 rings (SSSR count). The van der Waals surface area contributed by atoms with E-state index in [1.54, 1.807) is 6.08 Å². The van der Waals surface area contributed by atoms with Crippen LogP contribution in [0.4, 0.5) is 0 Å². The minimum Gasteiger partial charge on any atom is -0.458 e. The Morgan fingerprint density at radius 2 is 2.26 bits per heavy atom. The maximum Gasteiger partial charge on any atom is 0.309 e. The van der Waals surface area contributed by atoms with Crippen LogP contribution in [0.1, 0.15) is 40.0 Å². The van der Waals surface area contributed by atoms with Gasteiger partial charge < -0.3 is 19.3 Å². The van der Waals surface area contributed by atoms with Gasteiger partial charge in [0.15, 0.2) is 0 Å². The summed E-state index contributed by atoms with van der Waals surface area (Å²) in [6.07, 6.45) is 3.04. The number of rotatable bonds is 2. The summed E-state index contributed by atoms with van der Waals surface area (Å²) >= 11 is 0. The highest BCUT2D eigenvalue weighted by Gasteiger charge is 2.55. The summed E-state index contributed by atoms with van der Waals surface area (Å²) in [5.74, 6) is -0.734. The molecule has 6 unspecified atom stereocenters. The fourth-order valence-corrected chi connectivity index (χ4v) is 3.76. The highest BCUT2D eigenvalue weighted by Crippen LogP contribution is 2.47. The zero-order valence-electron chi connectivity index (χ0n) is 13.8. The van der Waals surface area contributed by atoms with E-state index in [0.29, 0.717) is 12.0 Å². The Balaban J connectivity index is 1.92. The molecule has 2 aliphatic heterocycles. The second kappa shape index (κ2) is 5.91. The molecule has 6 nitrogen and oxygen atoms in total. The smallest absolute Gasteiger partial charge is 0.309 e. The number of aliphatic hydroxyl groups excluding tert-OH is 1. The summed E-state index contributed by atoms with van der Waals surface area (Å²) in [6, 6.07) is 0. The van der Waals surface area contributed by atoms with Crippen LogP contribution in [0.3, 0.4) is 0 Å². The van der Waals surface area contributed by atoms with Crippen LogP contribution in [0, 0.1) is 11.8 Å². The van der Waals surface area contributed by atoms with Gasteiger partial charge in [-0.1, -0.05) is 6.92 Å². The Bertz CT molecular complexity index is 541. The molecule has 2 heterocycles. The lowest BCUT2D eigenvalue weighted by atomic mass is 9.82. The van der Waals surface area contributed by atoms with Crippen molar-refractivity contribution in [2.45, 2.75) is 63.9 Å². The molecule has 2 saturated heterocycles. The van der Waals surface area contributed by atoms with Gasteiger partial charge in [0.05, 0.1) is 24.2 Å². The topological polar surface area (TPSA) is 85.4 Å². The van der Waals surface area contributed by atoms with Crippen molar-refractivity contribution in [1.82, 2.24) is 0 Å². The molecular weight excluding hydrogens is 300 g/mol. The van der Waals surface area contributed by atoms with Crippen molar-refractivity contribution in [2.75, 3.05) is 6.61 Å².